The van der Waals surface area contributed by atoms with Gasteiger partial charge in [-0.2, -0.15) is 4.98 Å². The van der Waals surface area contributed by atoms with Crippen LogP contribution < -0.4 is 11.4 Å². The molecule has 1 aliphatic heterocycles. The van der Waals surface area contributed by atoms with Gasteiger partial charge in [0.25, 0.3) is 0 Å². The van der Waals surface area contributed by atoms with E-state index in [9.17, 15) is 9.59 Å². The molecule has 1 aromatic heterocycles. The molecular formula is C15H23N3O5. The summed E-state index contributed by atoms with van der Waals surface area (Å²) in [6, 6.07) is 1.56. The Morgan fingerprint density at radius 2 is 2.22 bits per heavy atom. The molecule has 128 valence electrons. The Kier molecular flexibility index (Phi) is 5.38. The van der Waals surface area contributed by atoms with Gasteiger partial charge in [0.15, 0.2) is 6.79 Å². The van der Waals surface area contributed by atoms with E-state index in [1.165, 1.54) is 4.57 Å². The van der Waals surface area contributed by atoms with E-state index < -0.39 is 11.1 Å². The van der Waals surface area contributed by atoms with Gasteiger partial charge in [-0.25, -0.2) is 4.79 Å². The van der Waals surface area contributed by atoms with Crippen molar-refractivity contribution < 1.29 is 19.0 Å². The summed E-state index contributed by atoms with van der Waals surface area (Å²) in [4.78, 5) is 27.0. The number of hydrogen-bond acceptors (Lipinski definition) is 7. The first-order valence-corrected chi connectivity index (χ1v) is 7.52. The number of aromatic nitrogens is 2. The summed E-state index contributed by atoms with van der Waals surface area (Å²) >= 11 is 0. The lowest BCUT2D eigenvalue weighted by Crippen LogP contribution is -2.28. The molecule has 1 aromatic rings. The Morgan fingerprint density at radius 3 is 2.87 bits per heavy atom. The quantitative estimate of drug-likeness (QED) is 0.490. The minimum Gasteiger partial charge on any atom is -0.438 e. The summed E-state index contributed by atoms with van der Waals surface area (Å²) in [6.45, 7) is 5.52. The van der Waals surface area contributed by atoms with Crippen molar-refractivity contribution >= 4 is 11.8 Å². The summed E-state index contributed by atoms with van der Waals surface area (Å²) in [6.07, 6.45) is 2.47. The van der Waals surface area contributed by atoms with Crippen LogP contribution in [0.25, 0.3) is 0 Å². The van der Waals surface area contributed by atoms with E-state index in [1.807, 2.05) is 0 Å². The Bertz CT molecular complexity index is 608. The van der Waals surface area contributed by atoms with Crippen LogP contribution >= 0.6 is 0 Å². The molecule has 0 amide bonds. The lowest BCUT2D eigenvalue weighted by Gasteiger charge is -2.18. The maximum absolute atomic E-state index is 11.8. The molecule has 8 nitrogen and oxygen atoms in total. The summed E-state index contributed by atoms with van der Waals surface area (Å²) in [5.74, 6) is -0.132. The van der Waals surface area contributed by atoms with Gasteiger partial charge in [0.05, 0.1) is 18.1 Å². The van der Waals surface area contributed by atoms with Crippen molar-refractivity contribution in [3.63, 3.8) is 0 Å². The molecule has 8 heteroatoms. The molecule has 1 fully saturated rings. The van der Waals surface area contributed by atoms with Crippen LogP contribution in [-0.2, 0) is 19.0 Å². The van der Waals surface area contributed by atoms with Gasteiger partial charge in [0.2, 0.25) is 0 Å². The summed E-state index contributed by atoms with van der Waals surface area (Å²) < 4.78 is 17.5. The SMILES string of the molecule is CC(C)(C)C(=O)OCOC[C@@H]1CC[C@H](n2ccc(N)nc2=O)O1. The molecule has 0 spiro atoms. The number of nitrogens with two attached hydrogens (primary N) is 1. The van der Waals surface area contributed by atoms with Crippen molar-refractivity contribution in [3.8, 4) is 0 Å². The third-order valence-corrected chi connectivity index (χ3v) is 3.44. The van der Waals surface area contributed by atoms with Crippen molar-refractivity contribution in [3.05, 3.63) is 22.7 Å². The van der Waals surface area contributed by atoms with Gasteiger partial charge in [0, 0.05) is 6.20 Å². The standard InChI is InChI=1S/C15H23N3O5/c1-15(2,3)13(19)22-9-21-8-10-4-5-12(23-10)18-7-6-11(16)17-14(18)20/h6-7,10,12H,4-5,8-9H2,1-3H3,(H2,16,17,20)/t10-,12+/m0/s1. The highest BCUT2D eigenvalue weighted by Crippen LogP contribution is 2.27. The Morgan fingerprint density at radius 1 is 1.48 bits per heavy atom. The number of nitrogens with zero attached hydrogens (tertiary/aromatic N) is 2. The zero-order chi connectivity index (χ0) is 17.0. The molecule has 0 radical (unpaired) electrons. The highest BCUT2D eigenvalue weighted by atomic mass is 16.7. The van der Waals surface area contributed by atoms with Crippen LogP contribution in [0.3, 0.4) is 0 Å². The van der Waals surface area contributed by atoms with Crippen molar-refractivity contribution in [1.82, 2.24) is 9.55 Å². The maximum atomic E-state index is 11.8. The van der Waals surface area contributed by atoms with Crippen LogP contribution in [0.4, 0.5) is 5.82 Å². The van der Waals surface area contributed by atoms with Crippen LogP contribution in [-0.4, -0.2) is 35.0 Å². The predicted molar refractivity (Wildman–Crippen MR) is 82.4 cm³/mol. The number of hydrogen-bond donors (Lipinski definition) is 1. The van der Waals surface area contributed by atoms with E-state index in [2.05, 4.69) is 4.98 Å². The molecule has 2 atom stereocenters. The molecule has 0 aliphatic carbocycles. The topological polar surface area (TPSA) is 106 Å². The number of rotatable bonds is 5. The number of esters is 1. The molecule has 2 rings (SSSR count). The number of carbonyl (C=O) groups excluding carboxylic acids is 1. The molecule has 0 unspecified atom stereocenters. The zero-order valence-electron chi connectivity index (χ0n) is 13.7. The summed E-state index contributed by atoms with van der Waals surface area (Å²) in [5.41, 5.74) is 4.47. The second-order valence-electron chi connectivity index (χ2n) is 6.50. The van der Waals surface area contributed by atoms with E-state index in [0.717, 1.165) is 6.42 Å². The fourth-order valence-corrected chi connectivity index (χ4v) is 2.15. The molecule has 1 saturated heterocycles. The zero-order valence-corrected chi connectivity index (χ0v) is 13.7. The van der Waals surface area contributed by atoms with E-state index in [4.69, 9.17) is 19.9 Å². The van der Waals surface area contributed by atoms with E-state index in [1.54, 1.807) is 33.0 Å². The number of carbonyl (C=O) groups is 1. The fraction of sp³-hybridized carbons (Fsp3) is 0.667. The van der Waals surface area contributed by atoms with E-state index in [0.29, 0.717) is 13.0 Å². The normalized spacial score (nSPS) is 21.3. The van der Waals surface area contributed by atoms with Crippen LogP contribution in [0.1, 0.15) is 39.8 Å². The molecule has 23 heavy (non-hydrogen) atoms. The average molecular weight is 325 g/mol. The van der Waals surface area contributed by atoms with Crippen LogP contribution in [0.2, 0.25) is 0 Å². The molecule has 0 bridgehead atoms. The first kappa shape index (κ1) is 17.4. The minimum absolute atomic E-state index is 0.107. The highest BCUT2D eigenvalue weighted by molar-refractivity contribution is 5.75. The minimum atomic E-state index is -0.554. The second-order valence-corrected chi connectivity index (χ2v) is 6.50. The van der Waals surface area contributed by atoms with E-state index in [-0.39, 0.29) is 30.9 Å². The van der Waals surface area contributed by atoms with Crippen molar-refractivity contribution in [1.29, 1.82) is 0 Å². The number of nitrogen functional groups attached to an aromatic ring is 1. The Hall–Kier alpha value is -1.93. The van der Waals surface area contributed by atoms with E-state index >= 15 is 0 Å². The van der Waals surface area contributed by atoms with Crippen LogP contribution in [0, 0.1) is 5.41 Å². The van der Waals surface area contributed by atoms with Crippen molar-refractivity contribution in [2.45, 2.75) is 45.9 Å². The molecule has 2 N–H and O–H groups in total. The summed E-state index contributed by atoms with van der Waals surface area (Å²) in [7, 11) is 0. The largest absolute Gasteiger partial charge is 0.438 e. The number of ether oxygens (including phenoxy) is 3. The molecule has 1 aliphatic rings. The van der Waals surface area contributed by atoms with Gasteiger partial charge in [-0.3, -0.25) is 9.36 Å². The van der Waals surface area contributed by atoms with Gasteiger partial charge in [0.1, 0.15) is 12.0 Å². The van der Waals surface area contributed by atoms with Crippen molar-refractivity contribution in [2.24, 2.45) is 5.41 Å². The molecule has 0 aromatic carbocycles. The first-order valence-electron chi connectivity index (χ1n) is 7.52. The number of anilines is 1. The fourth-order valence-electron chi connectivity index (χ4n) is 2.15. The lowest BCUT2D eigenvalue weighted by molar-refractivity contribution is -0.169. The first-order chi connectivity index (χ1) is 10.8. The van der Waals surface area contributed by atoms with Crippen molar-refractivity contribution in [2.75, 3.05) is 19.1 Å². The van der Waals surface area contributed by atoms with Gasteiger partial charge in [-0.05, 0) is 39.7 Å². The van der Waals surface area contributed by atoms with Crippen LogP contribution in [0.5, 0.6) is 0 Å². The van der Waals surface area contributed by atoms with Gasteiger partial charge < -0.3 is 19.9 Å². The van der Waals surface area contributed by atoms with Gasteiger partial charge in [-0.1, -0.05) is 0 Å². The molecule has 0 saturated carbocycles. The predicted octanol–water partition coefficient (Wildman–Crippen LogP) is 1.07. The monoisotopic (exact) mass is 325 g/mol. The summed E-state index contributed by atoms with van der Waals surface area (Å²) in [5, 5.41) is 0. The second kappa shape index (κ2) is 7.10. The molecular weight excluding hydrogens is 302 g/mol. The smallest absolute Gasteiger partial charge is 0.351 e. The van der Waals surface area contributed by atoms with Gasteiger partial charge in [-0.15, -0.1) is 0 Å². The highest BCUT2D eigenvalue weighted by Gasteiger charge is 2.28. The average Bonchev–Trinajstić information content (AvgIpc) is 2.90. The Balaban J connectivity index is 1.76. The Labute approximate surface area is 134 Å². The third kappa shape index (κ3) is 4.77. The maximum Gasteiger partial charge on any atom is 0.351 e. The lowest BCUT2D eigenvalue weighted by atomic mass is 9.98. The third-order valence-electron chi connectivity index (χ3n) is 3.44. The van der Waals surface area contributed by atoms with Gasteiger partial charge >= 0.3 is 11.7 Å². The van der Waals surface area contributed by atoms with Crippen LogP contribution in [0.15, 0.2) is 17.1 Å². The molecule has 2 heterocycles.